The van der Waals surface area contributed by atoms with E-state index < -0.39 is 0 Å². The molecule has 0 unspecified atom stereocenters. The van der Waals surface area contributed by atoms with Crippen LogP contribution in [0, 0.1) is 5.92 Å². The minimum absolute atomic E-state index is 0.0521. The molecule has 1 fully saturated rings. The number of rotatable bonds is 3. The van der Waals surface area contributed by atoms with Crippen molar-refractivity contribution in [1.82, 2.24) is 19.8 Å². The van der Waals surface area contributed by atoms with Gasteiger partial charge in [0.25, 0.3) is 5.91 Å². The molecular weight excluding hydrogens is 396 g/mol. The number of hydrogen-bond donors (Lipinski definition) is 1. The van der Waals surface area contributed by atoms with Crippen molar-refractivity contribution < 1.29 is 9.59 Å². The van der Waals surface area contributed by atoms with Crippen molar-refractivity contribution in [3.63, 3.8) is 0 Å². The molecule has 6 nitrogen and oxygen atoms in total. The second-order valence-electron chi connectivity index (χ2n) is 7.93. The zero-order chi connectivity index (χ0) is 20.5. The van der Waals surface area contributed by atoms with Crippen LogP contribution in [0.5, 0.6) is 0 Å². The molecule has 0 radical (unpaired) electrons. The van der Waals surface area contributed by atoms with Crippen molar-refractivity contribution in [3.8, 4) is 0 Å². The fourth-order valence-electron chi connectivity index (χ4n) is 4.51. The van der Waals surface area contributed by atoms with Gasteiger partial charge < -0.3 is 14.8 Å². The normalized spacial score (nSPS) is 19.7. The number of nitrogens with one attached hydrogen (secondary N) is 1. The van der Waals surface area contributed by atoms with Crippen molar-refractivity contribution in [1.29, 1.82) is 0 Å². The highest BCUT2D eigenvalue weighted by Gasteiger charge is 2.32. The summed E-state index contributed by atoms with van der Waals surface area (Å²) in [5.74, 6) is 0.126. The van der Waals surface area contributed by atoms with Crippen molar-refractivity contribution in [2.45, 2.75) is 19.3 Å². The fourth-order valence-corrected chi connectivity index (χ4v) is 5.20. The van der Waals surface area contributed by atoms with Gasteiger partial charge in [-0.1, -0.05) is 12.1 Å². The molecule has 5 heterocycles. The van der Waals surface area contributed by atoms with Gasteiger partial charge in [0.15, 0.2) is 0 Å². The smallest absolute Gasteiger partial charge is 0.263 e. The van der Waals surface area contributed by atoms with Crippen LogP contribution in [0.3, 0.4) is 0 Å². The number of nitrogens with zero attached hydrogens (tertiary/aromatic N) is 3. The minimum atomic E-state index is -0.102. The van der Waals surface area contributed by atoms with Gasteiger partial charge in [0.2, 0.25) is 5.91 Å². The summed E-state index contributed by atoms with van der Waals surface area (Å²) >= 11 is 1.46. The largest absolute Gasteiger partial charge is 0.346 e. The molecule has 154 valence electrons. The van der Waals surface area contributed by atoms with E-state index in [2.05, 4.69) is 22.1 Å². The summed E-state index contributed by atoms with van der Waals surface area (Å²) < 4.78 is 0. The topological polar surface area (TPSA) is 69.3 Å². The molecule has 1 saturated heterocycles. The molecule has 7 heteroatoms. The molecule has 0 saturated carbocycles. The average molecular weight is 421 g/mol. The highest BCUT2D eigenvalue weighted by atomic mass is 32.1. The summed E-state index contributed by atoms with van der Waals surface area (Å²) in [5, 5.41) is 3.04. The third-order valence-corrected chi connectivity index (χ3v) is 6.97. The maximum Gasteiger partial charge on any atom is 0.263 e. The molecule has 5 rings (SSSR count). The summed E-state index contributed by atoms with van der Waals surface area (Å²) in [6, 6.07) is 7.78. The molecule has 3 aromatic rings. The zero-order valence-electron chi connectivity index (χ0n) is 16.7. The number of pyridine rings is 1. The van der Waals surface area contributed by atoms with Crippen LogP contribution in [-0.4, -0.2) is 57.8 Å². The molecule has 3 aromatic heterocycles. The first-order valence-corrected chi connectivity index (χ1v) is 11.3. The third-order valence-electron chi connectivity index (χ3n) is 6.11. The molecule has 1 atom stereocenters. The van der Waals surface area contributed by atoms with E-state index in [9.17, 15) is 9.59 Å². The SMILES string of the molecule is O=C(c1cccs1)N1CCC[C@H](C(=O)N2CC=C(c3c[nH]c4ncccc34)CC2)C1. The Morgan fingerprint density at radius 1 is 1.17 bits per heavy atom. The summed E-state index contributed by atoms with van der Waals surface area (Å²) in [6.45, 7) is 2.60. The second-order valence-corrected chi connectivity index (χ2v) is 8.88. The summed E-state index contributed by atoms with van der Waals surface area (Å²) in [7, 11) is 0. The highest BCUT2D eigenvalue weighted by molar-refractivity contribution is 7.12. The van der Waals surface area contributed by atoms with Gasteiger partial charge in [0.1, 0.15) is 5.65 Å². The van der Waals surface area contributed by atoms with E-state index in [4.69, 9.17) is 0 Å². The fraction of sp³-hybridized carbons (Fsp3) is 0.348. The maximum atomic E-state index is 13.2. The maximum absolute atomic E-state index is 13.2. The number of aromatic amines is 1. The van der Waals surface area contributed by atoms with Gasteiger partial charge in [-0.15, -0.1) is 11.3 Å². The molecule has 0 aliphatic carbocycles. The van der Waals surface area contributed by atoms with Crippen molar-refractivity contribution in [3.05, 3.63) is 58.6 Å². The van der Waals surface area contributed by atoms with E-state index in [1.165, 1.54) is 22.5 Å². The lowest BCUT2D eigenvalue weighted by atomic mass is 9.94. The first-order chi connectivity index (χ1) is 14.7. The van der Waals surface area contributed by atoms with Gasteiger partial charge in [0.05, 0.1) is 10.8 Å². The first kappa shape index (κ1) is 19.1. The Morgan fingerprint density at radius 3 is 2.90 bits per heavy atom. The van der Waals surface area contributed by atoms with Gasteiger partial charge in [0, 0.05) is 49.5 Å². The Labute approximate surface area is 179 Å². The molecule has 2 aliphatic rings. The molecule has 2 amide bonds. The van der Waals surface area contributed by atoms with Crippen LogP contribution >= 0.6 is 11.3 Å². The van der Waals surface area contributed by atoms with Gasteiger partial charge in [-0.3, -0.25) is 9.59 Å². The van der Waals surface area contributed by atoms with E-state index in [0.29, 0.717) is 19.6 Å². The standard InChI is InChI=1S/C23H24N4O2S/c28-22(17-4-2-10-27(15-17)23(29)20-6-3-13-30-20)26-11-7-16(8-12-26)19-14-25-21-18(19)5-1-9-24-21/h1,3,5-7,9,13-14,17H,2,4,8,10-12,15H2,(H,24,25)/t17-/m0/s1. The number of likely N-dealkylation sites (tertiary alicyclic amines) is 1. The minimum Gasteiger partial charge on any atom is -0.346 e. The van der Waals surface area contributed by atoms with Crippen LogP contribution in [0.25, 0.3) is 16.6 Å². The summed E-state index contributed by atoms with van der Waals surface area (Å²) in [6.07, 6.45) is 8.52. The number of amides is 2. The molecule has 0 bridgehead atoms. The number of hydrogen-bond acceptors (Lipinski definition) is 4. The Balaban J connectivity index is 1.25. The molecule has 0 aromatic carbocycles. The van der Waals surface area contributed by atoms with E-state index in [-0.39, 0.29) is 17.7 Å². The first-order valence-electron chi connectivity index (χ1n) is 10.4. The highest BCUT2D eigenvalue weighted by Crippen LogP contribution is 2.29. The van der Waals surface area contributed by atoms with E-state index in [1.807, 2.05) is 39.6 Å². The predicted molar refractivity (Wildman–Crippen MR) is 118 cm³/mol. The monoisotopic (exact) mass is 420 g/mol. The lowest BCUT2D eigenvalue weighted by Gasteiger charge is -2.36. The van der Waals surface area contributed by atoms with Crippen LogP contribution in [0.15, 0.2) is 48.1 Å². The third kappa shape index (κ3) is 3.54. The van der Waals surface area contributed by atoms with Crippen LogP contribution < -0.4 is 0 Å². The average Bonchev–Trinajstić information content (AvgIpc) is 3.49. The number of aromatic nitrogens is 2. The lowest BCUT2D eigenvalue weighted by Crippen LogP contribution is -2.47. The van der Waals surface area contributed by atoms with Crippen molar-refractivity contribution in [2.75, 3.05) is 26.2 Å². The van der Waals surface area contributed by atoms with Gasteiger partial charge in [-0.25, -0.2) is 4.98 Å². The zero-order valence-corrected chi connectivity index (χ0v) is 17.5. The number of carbonyl (C=O) groups is 2. The molecule has 1 N–H and O–H groups in total. The molecule has 30 heavy (non-hydrogen) atoms. The Bertz CT molecular complexity index is 1100. The Kier molecular flexibility index (Phi) is 5.12. The van der Waals surface area contributed by atoms with Crippen LogP contribution in [0.4, 0.5) is 0 Å². The van der Waals surface area contributed by atoms with Crippen LogP contribution in [-0.2, 0) is 4.79 Å². The Morgan fingerprint density at radius 2 is 2.10 bits per heavy atom. The number of piperidine rings is 1. The molecule has 0 spiro atoms. The second kappa shape index (κ2) is 8.07. The number of thiophene rings is 1. The van der Waals surface area contributed by atoms with Gasteiger partial charge in [-0.05, 0) is 48.4 Å². The Hall–Kier alpha value is -2.93. The van der Waals surface area contributed by atoms with E-state index in [1.54, 1.807) is 6.20 Å². The number of H-pyrrole nitrogens is 1. The van der Waals surface area contributed by atoms with Crippen LogP contribution in [0.1, 0.15) is 34.5 Å². The van der Waals surface area contributed by atoms with Crippen LogP contribution in [0.2, 0.25) is 0 Å². The lowest BCUT2D eigenvalue weighted by molar-refractivity contribution is -0.136. The van der Waals surface area contributed by atoms with E-state index in [0.717, 1.165) is 41.7 Å². The quantitative estimate of drug-likeness (QED) is 0.701. The predicted octanol–water partition coefficient (Wildman–Crippen LogP) is 3.79. The molecular formula is C23H24N4O2S. The summed E-state index contributed by atoms with van der Waals surface area (Å²) in [5.41, 5.74) is 3.33. The van der Waals surface area contributed by atoms with Gasteiger partial charge >= 0.3 is 0 Å². The van der Waals surface area contributed by atoms with Crippen molar-refractivity contribution in [2.24, 2.45) is 5.92 Å². The number of carbonyl (C=O) groups excluding carboxylic acids is 2. The van der Waals surface area contributed by atoms with Crippen molar-refractivity contribution >= 4 is 39.8 Å². The van der Waals surface area contributed by atoms with E-state index >= 15 is 0 Å². The molecule has 2 aliphatic heterocycles. The number of fused-ring (bicyclic) bond motifs is 1. The van der Waals surface area contributed by atoms with Gasteiger partial charge in [-0.2, -0.15) is 0 Å². The summed E-state index contributed by atoms with van der Waals surface area (Å²) in [4.78, 5) is 38.0.